The van der Waals surface area contributed by atoms with Gasteiger partial charge < -0.3 is 33.8 Å². The van der Waals surface area contributed by atoms with E-state index >= 15 is 0 Å². The van der Waals surface area contributed by atoms with Crippen molar-refractivity contribution in [3.63, 3.8) is 0 Å². The number of aliphatic hydroxyl groups is 1. The molecule has 0 rings (SSSR count). The lowest BCUT2D eigenvalue weighted by atomic mass is 9.99. The third-order valence-electron chi connectivity index (χ3n) is 19.0. The molecule has 0 aliphatic carbocycles. The van der Waals surface area contributed by atoms with Crippen LogP contribution in [0, 0.1) is 23.7 Å². The van der Waals surface area contributed by atoms with Crippen molar-refractivity contribution >= 4 is 39.5 Å². The fourth-order valence-electron chi connectivity index (χ4n) is 12.0. The van der Waals surface area contributed by atoms with Gasteiger partial charge in [-0.25, -0.2) is 9.13 Å². The highest BCUT2D eigenvalue weighted by atomic mass is 31.2. The Morgan fingerprint density at radius 3 is 0.724 bits per heavy atom. The molecule has 17 nitrogen and oxygen atoms in total. The Labute approximate surface area is 600 Å². The fourth-order valence-corrected chi connectivity index (χ4v) is 13.6. The lowest BCUT2D eigenvalue weighted by Crippen LogP contribution is -2.30. The van der Waals surface area contributed by atoms with Crippen LogP contribution in [0.2, 0.25) is 0 Å². The average molecular weight is 1440 g/mol. The van der Waals surface area contributed by atoms with E-state index in [1.807, 2.05) is 0 Å². The van der Waals surface area contributed by atoms with Gasteiger partial charge in [0.25, 0.3) is 0 Å². The van der Waals surface area contributed by atoms with Crippen LogP contribution in [0.25, 0.3) is 0 Å². The summed E-state index contributed by atoms with van der Waals surface area (Å²) in [5, 5.41) is 10.6. The predicted molar refractivity (Wildman–Crippen MR) is 400 cm³/mol. The molecule has 0 aliphatic heterocycles. The largest absolute Gasteiger partial charge is 0.472 e. The van der Waals surface area contributed by atoms with Crippen LogP contribution in [0.15, 0.2) is 0 Å². The SMILES string of the molecule is CCC(C)CCCCCCCCCCCCCCCCC(=O)O[C@H](COC(=O)CCCCCCCCCCCC(C)C)COP(=O)(O)OCC(O)COP(=O)(O)OC[C@@H](COC(=O)CCCCCCCCCC(C)C)OC(=O)CCCCCCCCCCCCCCCCC(C)CC. The number of ether oxygens (including phenoxy) is 4. The summed E-state index contributed by atoms with van der Waals surface area (Å²) in [4.78, 5) is 72.9. The van der Waals surface area contributed by atoms with E-state index < -0.39 is 97.5 Å². The number of unbranched alkanes of at least 4 members (excludes halogenated alkanes) is 40. The molecule has 5 unspecified atom stereocenters. The Hall–Kier alpha value is -1.94. The smallest absolute Gasteiger partial charge is 0.462 e. The first kappa shape index (κ1) is 96.1. The summed E-state index contributed by atoms with van der Waals surface area (Å²) in [5.74, 6) is 1.02. The zero-order chi connectivity index (χ0) is 72.4. The van der Waals surface area contributed by atoms with Gasteiger partial charge in [-0.2, -0.15) is 0 Å². The van der Waals surface area contributed by atoms with Crippen LogP contribution in [0.3, 0.4) is 0 Å². The monoisotopic (exact) mass is 1440 g/mol. The minimum atomic E-state index is -4.96. The summed E-state index contributed by atoms with van der Waals surface area (Å²) in [6, 6.07) is 0. The lowest BCUT2D eigenvalue weighted by Gasteiger charge is -2.21. The summed E-state index contributed by atoms with van der Waals surface area (Å²) in [6.07, 6.45) is 54.1. The Morgan fingerprint density at radius 1 is 0.286 bits per heavy atom. The number of phosphoric ester groups is 2. The van der Waals surface area contributed by atoms with E-state index in [0.717, 1.165) is 114 Å². The Bertz CT molecular complexity index is 1920. The normalized spacial score (nSPS) is 14.6. The number of carbonyl (C=O) groups excluding carboxylic acids is 4. The first-order chi connectivity index (χ1) is 47.2. The first-order valence-electron chi connectivity index (χ1n) is 40.8. The van der Waals surface area contributed by atoms with E-state index in [1.54, 1.807) is 0 Å². The van der Waals surface area contributed by atoms with Crippen molar-refractivity contribution in [2.24, 2.45) is 23.7 Å². The maximum atomic E-state index is 13.1. The highest BCUT2D eigenvalue weighted by Crippen LogP contribution is 2.45. The zero-order valence-electron chi connectivity index (χ0n) is 64.4. The molecule has 0 bridgehead atoms. The van der Waals surface area contributed by atoms with Crippen LogP contribution in [0.4, 0.5) is 0 Å². The highest BCUT2D eigenvalue weighted by Gasteiger charge is 2.30. The number of aliphatic hydroxyl groups excluding tert-OH is 1. The molecule has 0 saturated carbocycles. The fraction of sp³-hybridized carbons (Fsp3) is 0.949. The van der Waals surface area contributed by atoms with Gasteiger partial charge in [0, 0.05) is 25.7 Å². The van der Waals surface area contributed by atoms with Crippen molar-refractivity contribution in [1.82, 2.24) is 0 Å². The molecule has 582 valence electrons. The molecule has 98 heavy (non-hydrogen) atoms. The topological polar surface area (TPSA) is 237 Å². The highest BCUT2D eigenvalue weighted by molar-refractivity contribution is 7.47. The van der Waals surface area contributed by atoms with E-state index in [4.69, 9.17) is 37.0 Å². The van der Waals surface area contributed by atoms with Gasteiger partial charge in [0.2, 0.25) is 0 Å². The Kier molecular flexibility index (Phi) is 66.8. The minimum Gasteiger partial charge on any atom is -0.462 e. The van der Waals surface area contributed by atoms with E-state index in [2.05, 4.69) is 55.4 Å². The molecule has 0 aromatic carbocycles. The summed E-state index contributed by atoms with van der Waals surface area (Å²) >= 11 is 0. The van der Waals surface area contributed by atoms with Crippen molar-refractivity contribution in [2.45, 2.75) is 420 Å². The summed E-state index contributed by atoms with van der Waals surface area (Å²) in [5.41, 5.74) is 0. The van der Waals surface area contributed by atoms with Gasteiger partial charge in [0.1, 0.15) is 19.3 Å². The van der Waals surface area contributed by atoms with E-state index in [1.165, 1.54) is 199 Å². The Morgan fingerprint density at radius 2 is 0.490 bits per heavy atom. The second-order valence-electron chi connectivity index (χ2n) is 29.9. The molecule has 0 fully saturated rings. The van der Waals surface area contributed by atoms with Gasteiger partial charge in [-0.15, -0.1) is 0 Å². The Balaban J connectivity index is 5.23. The van der Waals surface area contributed by atoms with Crippen molar-refractivity contribution in [3.8, 4) is 0 Å². The number of phosphoric acid groups is 2. The number of carbonyl (C=O) groups is 4. The average Bonchev–Trinajstić information content (AvgIpc) is 0.993. The van der Waals surface area contributed by atoms with Gasteiger partial charge in [-0.3, -0.25) is 37.3 Å². The number of esters is 4. The summed E-state index contributed by atoms with van der Waals surface area (Å²) in [6.45, 7) is 14.3. The maximum absolute atomic E-state index is 13.1. The molecule has 19 heteroatoms. The molecular formula is C79H154O17P2. The minimum absolute atomic E-state index is 0.106. The van der Waals surface area contributed by atoms with Crippen LogP contribution < -0.4 is 0 Å². The van der Waals surface area contributed by atoms with Crippen LogP contribution >= 0.6 is 15.6 Å². The van der Waals surface area contributed by atoms with Crippen LogP contribution in [-0.2, 0) is 65.4 Å². The molecule has 3 N–H and O–H groups in total. The molecule has 0 aromatic heterocycles. The van der Waals surface area contributed by atoms with Gasteiger partial charge in [-0.1, -0.05) is 351 Å². The zero-order valence-corrected chi connectivity index (χ0v) is 66.2. The van der Waals surface area contributed by atoms with Gasteiger partial charge >= 0.3 is 39.5 Å². The van der Waals surface area contributed by atoms with Crippen LogP contribution in [-0.4, -0.2) is 96.7 Å². The molecule has 0 aromatic rings. The standard InChI is InChI=1S/C79H154O17P2/c1-9-71(7)57-49-41-33-25-19-15-11-13-17-21-27-36-45-53-61-78(83)95-74(65-89-76(81)59-51-43-35-29-23-24-31-39-47-55-69(3)4)67-93-97(85,86)91-63-73(80)64-92-98(87,88)94-68-75(66-90-77(82)60-52-44-38-30-32-40-48-56-70(5)6)96-79(84)62-54-46-37-28-22-18-14-12-16-20-26-34-42-50-58-72(8)10-2/h69-75,80H,9-68H2,1-8H3,(H,85,86)(H,87,88)/t71?,72?,73?,74-,75-/m1/s1. The van der Waals surface area contributed by atoms with E-state index in [9.17, 15) is 43.2 Å². The quantitative estimate of drug-likeness (QED) is 0.0222. The molecular weight excluding hydrogens is 1280 g/mol. The summed E-state index contributed by atoms with van der Waals surface area (Å²) in [7, 11) is -9.92. The number of hydrogen-bond donors (Lipinski definition) is 3. The third-order valence-corrected chi connectivity index (χ3v) is 20.9. The van der Waals surface area contributed by atoms with Crippen molar-refractivity contribution < 1.29 is 80.2 Å². The molecule has 0 amide bonds. The molecule has 0 radical (unpaired) electrons. The van der Waals surface area contributed by atoms with E-state index in [0.29, 0.717) is 31.6 Å². The summed E-state index contributed by atoms with van der Waals surface area (Å²) < 4.78 is 68.6. The van der Waals surface area contributed by atoms with Gasteiger partial charge in [0.05, 0.1) is 26.4 Å². The molecule has 0 heterocycles. The first-order valence-corrected chi connectivity index (χ1v) is 43.8. The molecule has 0 saturated heterocycles. The van der Waals surface area contributed by atoms with E-state index in [-0.39, 0.29) is 25.7 Å². The third kappa shape index (κ3) is 69.8. The second-order valence-corrected chi connectivity index (χ2v) is 32.8. The number of hydrogen-bond acceptors (Lipinski definition) is 15. The van der Waals surface area contributed by atoms with Crippen LogP contribution in [0.5, 0.6) is 0 Å². The van der Waals surface area contributed by atoms with Gasteiger partial charge in [-0.05, 0) is 49.4 Å². The van der Waals surface area contributed by atoms with Crippen molar-refractivity contribution in [3.05, 3.63) is 0 Å². The lowest BCUT2D eigenvalue weighted by molar-refractivity contribution is -0.161. The molecule has 0 spiro atoms. The van der Waals surface area contributed by atoms with Crippen molar-refractivity contribution in [2.75, 3.05) is 39.6 Å². The van der Waals surface area contributed by atoms with Gasteiger partial charge in [0.15, 0.2) is 12.2 Å². The van der Waals surface area contributed by atoms with Crippen LogP contribution in [0.1, 0.15) is 402 Å². The number of rotatable bonds is 76. The molecule has 7 atom stereocenters. The maximum Gasteiger partial charge on any atom is 0.472 e. The molecule has 0 aliphatic rings. The van der Waals surface area contributed by atoms with Crippen molar-refractivity contribution in [1.29, 1.82) is 0 Å². The predicted octanol–water partition coefficient (Wildman–Crippen LogP) is 23.2. The second kappa shape index (κ2) is 68.2.